The molecule has 0 aliphatic heterocycles. The maximum Gasteiger partial charge on any atom is -0.00259 e. The predicted octanol–water partition coefficient (Wildman–Crippen LogP) is 32.6. The van der Waals surface area contributed by atoms with Crippen molar-refractivity contribution < 1.29 is 0 Å². The van der Waals surface area contributed by atoms with Crippen molar-refractivity contribution in [1.82, 2.24) is 0 Å². The lowest BCUT2D eigenvalue weighted by molar-refractivity contribution is 1.58. The van der Waals surface area contributed by atoms with E-state index in [0.717, 1.165) is 0 Å². The molecule has 0 fully saturated rings. The van der Waals surface area contributed by atoms with Gasteiger partial charge in [0.1, 0.15) is 0 Å². The van der Waals surface area contributed by atoms with Gasteiger partial charge in [-0.25, -0.2) is 0 Å². The van der Waals surface area contributed by atoms with Crippen LogP contribution < -0.4 is 0 Å². The smallest absolute Gasteiger partial charge is 0.00259 e. The van der Waals surface area contributed by atoms with Crippen LogP contribution in [0.1, 0.15) is 0 Å². The third-order valence-electron chi connectivity index (χ3n) is 23.6. The first kappa shape index (κ1) is 68.9. The van der Waals surface area contributed by atoms with Crippen LogP contribution in [0.3, 0.4) is 0 Å². The summed E-state index contributed by atoms with van der Waals surface area (Å²) in [6.07, 6.45) is 0. The van der Waals surface area contributed by atoms with E-state index in [1.54, 1.807) is 0 Å². The first-order valence-electron chi connectivity index (χ1n) is 40.1. The van der Waals surface area contributed by atoms with Crippen LogP contribution >= 0.6 is 0 Å². The molecule has 0 N–H and O–H groups in total. The maximum atomic E-state index is 2.39. The Morgan fingerprint density at radius 2 is 0.250 bits per heavy atom. The summed E-state index contributed by atoms with van der Waals surface area (Å²) >= 11 is 0. The van der Waals surface area contributed by atoms with Crippen LogP contribution in [-0.4, -0.2) is 0 Å². The summed E-state index contributed by atoms with van der Waals surface area (Å²) in [4.78, 5) is 0. The molecule has 0 atom stereocenters. The zero-order valence-corrected chi connectivity index (χ0v) is 63.9. The number of hydrogen-bond donors (Lipinski definition) is 0. The highest BCUT2D eigenvalue weighted by atomic mass is 14.3. The largest absolute Gasteiger partial charge is 0.0622 e. The van der Waals surface area contributed by atoms with Crippen LogP contribution in [0.15, 0.2) is 461 Å². The van der Waals surface area contributed by atoms with Crippen LogP contribution in [0.2, 0.25) is 0 Å². The average Bonchev–Trinajstić information content (AvgIpc) is 0.733. The summed E-state index contributed by atoms with van der Waals surface area (Å²) in [5.41, 5.74) is 29.4. The Kier molecular flexibility index (Phi) is 17.7. The van der Waals surface area contributed by atoms with E-state index in [2.05, 4.69) is 461 Å². The molecule has 0 amide bonds. The summed E-state index contributed by atoms with van der Waals surface area (Å²) in [5, 5.41) is 20.0. The van der Waals surface area contributed by atoms with Crippen LogP contribution in [-0.2, 0) is 0 Å². The molecule has 540 valence electrons. The van der Waals surface area contributed by atoms with Crippen molar-refractivity contribution in [3.8, 4) is 134 Å². The Bertz CT molecular complexity index is 7290. The molecule has 0 aliphatic carbocycles. The molecule has 0 heterocycles. The fourth-order valence-corrected chi connectivity index (χ4v) is 17.9. The Morgan fingerprint density at radius 1 is 0.0776 bits per heavy atom. The van der Waals surface area contributed by atoms with Gasteiger partial charge in [-0.3, -0.25) is 0 Å². The Hall–Kier alpha value is -15.1. The van der Waals surface area contributed by atoms with Crippen molar-refractivity contribution in [3.05, 3.63) is 461 Å². The van der Waals surface area contributed by atoms with Crippen molar-refractivity contribution in [3.63, 3.8) is 0 Å². The Morgan fingerprint density at radius 3 is 0.552 bits per heavy atom. The molecule has 0 saturated heterocycles. The van der Waals surface area contributed by atoms with Gasteiger partial charge in [-0.05, 0) is 299 Å². The highest BCUT2D eigenvalue weighted by molar-refractivity contribution is 6.24. The lowest BCUT2D eigenvalue weighted by atomic mass is 9.84. The quantitative estimate of drug-likeness (QED) is 0.107. The number of benzene rings is 22. The van der Waals surface area contributed by atoms with Gasteiger partial charge in [0.15, 0.2) is 0 Å². The molecule has 22 aromatic rings. The van der Waals surface area contributed by atoms with E-state index in [-0.39, 0.29) is 0 Å². The molecule has 22 rings (SSSR count). The molecule has 0 heteroatoms. The highest BCUT2D eigenvalue weighted by Gasteiger charge is 2.22. The minimum atomic E-state index is 1.21. The molecular weight excluding hydrogens is 1390 g/mol. The monoisotopic (exact) mass is 1470 g/mol. The van der Waals surface area contributed by atoms with E-state index in [4.69, 9.17) is 0 Å². The summed E-state index contributed by atoms with van der Waals surface area (Å²) in [7, 11) is 0. The van der Waals surface area contributed by atoms with Crippen molar-refractivity contribution in [2.45, 2.75) is 0 Å². The van der Waals surface area contributed by atoms with Gasteiger partial charge in [0.05, 0.1) is 0 Å². The van der Waals surface area contributed by atoms with Gasteiger partial charge >= 0.3 is 0 Å². The summed E-state index contributed by atoms with van der Waals surface area (Å²) in [6, 6.07) is 169. The molecule has 0 spiro atoms. The molecular formula is C116H76. The first-order chi connectivity index (χ1) is 57.5. The van der Waals surface area contributed by atoms with E-state index < -0.39 is 0 Å². The SMILES string of the molecule is c1ccc(-c2cc(-c3ccccc3)cc(-c3c4ccccc4c(-c4ccc5ccc(-c6ccc(-c7ccc8ccccc8c7)cc6)cc5c4)c4ccccc34)c2)cc1.c1ccc(-c2cc(-c3ccccc3)cc(-c3c4ccccc4c(-c4ccc5ccc(-c6cccc(-c7ccc8ccccc8c7)c6)cc5c4)c4ccccc34)c2)cc1. The van der Waals surface area contributed by atoms with Gasteiger partial charge in [-0.1, -0.05) is 382 Å². The van der Waals surface area contributed by atoms with Gasteiger partial charge < -0.3 is 0 Å². The van der Waals surface area contributed by atoms with E-state index in [1.165, 1.54) is 220 Å². The van der Waals surface area contributed by atoms with Crippen LogP contribution in [0, 0.1) is 0 Å². The third kappa shape index (κ3) is 13.1. The Labute approximate surface area is 676 Å². The molecule has 0 radical (unpaired) electrons. The predicted molar refractivity (Wildman–Crippen MR) is 498 cm³/mol. The van der Waals surface area contributed by atoms with E-state index in [0.29, 0.717) is 0 Å². The minimum Gasteiger partial charge on any atom is -0.0622 e. The van der Waals surface area contributed by atoms with E-state index in [9.17, 15) is 0 Å². The molecule has 0 unspecified atom stereocenters. The maximum absolute atomic E-state index is 2.39. The molecule has 0 nitrogen and oxygen atoms in total. The summed E-state index contributed by atoms with van der Waals surface area (Å²) in [5.74, 6) is 0. The molecule has 0 aliphatic rings. The van der Waals surface area contributed by atoms with E-state index >= 15 is 0 Å². The van der Waals surface area contributed by atoms with Crippen molar-refractivity contribution in [1.29, 1.82) is 0 Å². The normalized spacial score (nSPS) is 11.4. The van der Waals surface area contributed by atoms with Gasteiger partial charge in [0.2, 0.25) is 0 Å². The summed E-state index contributed by atoms with van der Waals surface area (Å²) < 4.78 is 0. The average molecular weight is 1470 g/mol. The molecule has 116 heavy (non-hydrogen) atoms. The topological polar surface area (TPSA) is 0 Å². The lowest BCUT2D eigenvalue weighted by Gasteiger charge is -2.19. The van der Waals surface area contributed by atoms with Gasteiger partial charge in [-0.15, -0.1) is 0 Å². The fraction of sp³-hybridized carbons (Fsp3) is 0. The fourth-order valence-electron chi connectivity index (χ4n) is 17.9. The second-order valence-corrected chi connectivity index (χ2v) is 30.6. The molecule has 0 bridgehead atoms. The second kappa shape index (κ2) is 29.9. The highest BCUT2D eigenvalue weighted by Crippen LogP contribution is 2.49. The van der Waals surface area contributed by atoms with E-state index in [1.807, 2.05) is 0 Å². The van der Waals surface area contributed by atoms with Gasteiger partial charge in [-0.2, -0.15) is 0 Å². The lowest BCUT2D eigenvalue weighted by Crippen LogP contribution is -1.92. The van der Waals surface area contributed by atoms with Gasteiger partial charge in [0, 0.05) is 0 Å². The minimum absolute atomic E-state index is 1.21. The zero-order valence-electron chi connectivity index (χ0n) is 63.9. The first-order valence-corrected chi connectivity index (χ1v) is 40.1. The van der Waals surface area contributed by atoms with Crippen molar-refractivity contribution in [2.75, 3.05) is 0 Å². The van der Waals surface area contributed by atoms with Crippen molar-refractivity contribution in [2.24, 2.45) is 0 Å². The number of rotatable bonds is 12. The van der Waals surface area contributed by atoms with Gasteiger partial charge in [0.25, 0.3) is 0 Å². The van der Waals surface area contributed by atoms with Crippen molar-refractivity contribution >= 4 is 86.2 Å². The number of hydrogen-bond acceptors (Lipinski definition) is 0. The van der Waals surface area contributed by atoms with Crippen LogP contribution in [0.25, 0.3) is 220 Å². The third-order valence-corrected chi connectivity index (χ3v) is 23.6. The second-order valence-electron chi connectivity index (χ2n) is 30.6. The molecule has 22 aromatic carbocycles. The van der Waals surface area contributed by atoms with Crippen LogP contribution in [0.5, 0.6) is 0 Å². The Balaban J connectivity index is 0.000000145. The zero-order chi connectivity index (χ0) is 76.8. The number of fused-ring (bicyclic) bond motifs is 8. The van der Waals surface area contributed by atoms with Crippen LogP contribution in [0.4, 0.5) is 0 Å². The summed E-state index contributed by atoms with van der Waals surface area (Å²) in [6.45, 7) is 0. The molecule has 0 aromatic heterocycles. The molecule has 0 saturated carbocycles. The standard InChI is InChI=1S/2C58H38/c1-3-14-39(15-4-1)50-36-51(40-16-5-2-6-17-40)38-52(37-50)58-55-24-11-9-22-53(55)57(54-23-10-12-25-56(54)58)48-31-28-42-27-30-47(34-49(42)35-48)45-21-13-20-44(33-45)46-29-26-41-18-7-8-19-43(41)32-46;1-3-13-39(14-4-1)50-36-51(40-15-5-2-6-16-40)38-52(37-50)58-55-21-11-9-19-53(55)57(54-20-10-12-22-56(54)58)48-32-29-44-28-31-47(34-49(44)35-48)43-25-23-42(24-26-43)46-30-27-41-17-7-8-18-45(41)33-46/h2*1-38H.